The van der Waals surface area contributed by atoms with Crippen molar-refractivity contribution in [1.82, 2.24) is 0 Å². The highest BCUT2D eigenvalue weighted by atomic mass is 28.4. The molecule has 1 saturated heterocycles. The predicted molar refractivity (Wildman–Crippen MR) is 87.5 cm³/mol. The molecule has 110 valence electrons. The number of hydrogen-bond acceptors (Lipinski definition) is 2. The van der Waals surface area contributed by atoms with Gasteiger partial charge in [-0.25, -0.2) is 0 Å². The first-order valence-corrected chi connectivity index (χ1v) is 13.6. The van der Waals surface area contributed by atoms with Crippen LogP contribution in [0.1, 0.15) is 27.2 Å². The lowest BCUT2D eigenvalue weighted by Gasteiger charge is -2.38. The number of hydrogen-bond donors (Lipinski definition) is 0. The van der Waals surface area contributed by atoms with Crippen LogP contribution >= 0.6 is 0 Å². The third-order valence-corrected chi connectivity index (χ3v) is 9.22. The SMILES string of the molecule is CC(C)(C)[Si](C)(C)O[C@@H](CC#C[Si](C)(C)C)[C@@H]1CO1. The molecular formula is C15H30O2Si2. The van der Waals surface area contributed by atoms with Crippen LogP contribution in [0.5, 0.6) is 0 Å². The molecule has 1 heterocycles. The fraction of sp³-hybridized carbons (Fsp3) is 0.867. The normalized spacial score (nSPS) is 21.6. The van der Waals surface area contributed by atoms with Crippen LogP contribution < -0.4 is 0 Å². The van der Waals surface area contributed by atoms with E-state index in [1.54, 1.807) is 0 Å². The molecule has 1 rings (SSSR count). The first-order valence-electron chi connectivity index (χ1n) is 7.22. The molecule has 0 aromatic carbocycles. The van der Waals surface area contributed by atoms with Gasteiger partial charge in [0, 0.05) is 6.42 Å². The largest absolute Gasteiger partial charge is 0.410 e. The minimum absolute atomic E-state index is 0.171. The fourth-order valence-corrected chi connectivity index (χ4v) is 3.47. The molecule has 0 radical (unpaired) electrons. The van der Waals surface area contributed by atoms with Gasteiger partial charge in [-0.2, -0.15) is 0 Å². The Morgan fingerprint density at radius 2 is 1.74 bits per heavy atom. The second-order valence-corrected chi connectivity index (χ2v) is 17.6. The van der Waals surface area contributed by atoms with Crippen LogP contribution in [0.15, 0.2) is 0 Å². The zero-order chi connectivity index (χ0) is 14.9. The van der Waals surface area contributed by atoms with E-state index in [0.29, 0.717) is 0 Å². The van der Waals surface area contributed by atoms with E-state index in [1.807, 2.05) is 0 Å². The average Bonchev–Trinajstić information content (AvgIpc) is 2.94. The molecule has 0 aromatic heterocycles. The van der Waals surface area contributed by atoms with Crippen molar-refractivity contribution in [3.05, 3.63) is 0 Å². The zero-order valence-electron chi connectivity index (χ0n) is 13.9. The Morgan fingerprint density at radius 3 is 2.11 bits per heavy atom. The molecule has 2 nitrogen and oxygen atoms in total. The minimum atomic E-state index is -1.72. The van der Waals surface area contributed by atoms with Gasteiger partial charge in [-0.1, -0.05) is 40.4 Å². The van der Waals surface area contributed by atoms with Gasteiger partial charge in [-0.15, -0.1) is 11.5 Å². The van der Waals surface area contributed by atoms with Crippen molar-refractivity contribution in [3.8, 4) is 11.5 Å². The van der Waals surface area contributed by atoms with E-state index in [9.17, 15) is 0 Å². The molecule has 0 amide bonds. The van der Waals surface area contributed by atoms with Gasteiger partial charge in [-0.05, 0) is 18.1 Å². The summed E-state index contributed by atoms with van der Waals surface area (Å²) in [6.07, 6.45) is 1.27. The van der Waals surface area contributed by atoms with E-state index in [2.05, 4.69) is 65.0 Å². The van der Waals surface area contributed by atoms with E-state index in [4.69, 9.17) is 9.16 Å². The molecule has 0 spiro atoms. The van der Waals surface area contributed by atoms with Gasteiger partial charge >= 0.3 is 0 Å². The maximum atomic E-state index is 6.47. The first kappa shape index (κ1) is 17.0. The van der Waals surface area contributed by atoms with Crippen LogP contribution in [-0.2, 0) is 9.16 Å². The molecule has 0 aromatic rings. The van der Waals surface area contributed by atoms with Gasteiger partial charge in [0.05, 0.1) is 12.7 Å². The van der Waals surface area contributed by atoms with Crippen LogP contribution in [0.3, 0.4) is 0 Å². The number of epoxide rings is 1. The van der Waals surface area contributed by atoms with Crippen LogP contribution in [0.2, 0.25) is 37.8 Å². The van der Waals surface area contributed by atoms with Crippen molar-refractivity contribution in [2.75, 3.05) is 6.61 Å². The molecule has 1 fully saturated rings. The molecule has 0 aliphatic carbocycles. The Labute approximate surface area is 121 Å². The summed E-state index contributed by atoms with van der Waals surface area (Å²) in [5, 5.41) is 0.242. The van der Waals surface area contributed by atoms with Crippen LogP contribution in [0.4, 0.5) is 0 Å². The fourth-order valence-electron chi connectivity index (χ4n) is 1.49. The summed E-state index contributed by atoms with van der Waals surface area (Å²) < 4.78 is 11.9. The topological polar surface area (TPSA) is 21.8 Å². The van der Waals surface area contributed by atoms with E-state index in [-0.39, 0.29) is 17.2 Å². The summed E-state index contributed by atoms with van der Waals surface area (Å²) in [5.41, 5.74) is 3.43. The van der Waals surface area contributed by atoms with Crippen LogP contribution in [0, 0.1) is 11.5 Å². The lowest BCUT2D eigenvalue weighted by Crippen LogP contribution is -2.45. The van der Waals surface area contributed by atoms with Crippen molar-refractivity contribution in [1.29, 1.82) is 0 Å². The summed E-state index contributed by atoms with van der Waals surface area (Å²) in [5.74, 6) is 3.35. The van der Waals surface area contributed by atoms with Crippen LogP contribution in [0.25, 0.3) is 0 Å². The Morgan fingerprint density at radius 1 is 1.21 bits per heavy atom. The Hall–Kier alpha value is -0.0862. The summed E-state index contributed by atoms with van der Waals surface area (Å²) in [6, 6.07) is 0. The number of rotatable bonds is 4. The molecule has 4 heteroatoms. The van der Waals surface area contributed by atoms with Gasteiger partial charge in [0.2, 0.25) is 0 Å². The predicted octanol–water partition coefficient (Wildman–Crippen LogP) is 4.05. The van der Waals surface area contributed by atoms with Crippen molar-refractivity contribution in [2.45, 2.75) is 77.2 Å². The lowest BCUT2D eigenvalue weighted by atomic mass is 10.2. The highest BCUT2D eigenvalue weighted by Gasteiger charge is 2.43. The van der Waals surface area contributed by atoms with Crippen molar-refractivity contribution >= 4 is 16.4 Å². The van der Waals surface area contributed by atoms with E-state index < -0.39 is 16.4 Å². The molecule has 0 unspecified atom stereocenters. The van der Waals surface area contributed by atoms with Gasteiger partial charge in [-0.3, -0.25) is 0 Å². The highest BCUT2D eigenvalue weighted by Crippen LogP contribution is 2.39. The standard InChI is InChI=1S/C15H30O2Si2/c1-15(2,3)19(7,8)17-13(14-12-16-14)10-9-11-18(4,5)6/h13-14H,10,12H2,1-8H3/t13-,14-/m0/s1. The lowest BCUT2D eigenvalue weighted by molar-refractivity contribution is 0.147. The molecule has 19 heavy (non-hydrogen) atoms. The summed E-state index contributed by atoms with van der Waals surface area (Å²) in [6.45, 7) is 19.1. The van der Waals surface area contributed by atoms with Crippen molar-refractivity contribution in [2.24, 2.45) is 0 Å². The third-order valence-electron chi connectivity index (χ3n) is 3.79. The number of ether oxygens (including phenoxy) is 1. The quantitative estimate of drug-likeness (QED) is 0.444. The minimum Gasteiger partial charge on any atom is -0.410 e. The maximum Gasteiger partial charge on any atom is 0.192 e. The van der Waals surface area contributed by atoms with Gasteiger partial charge in [0.1, 0.15) is 14.2 Å². The third kappa shape index (κ3) is 5.82. The Kier molecular flexibility index (Phi) is 5.11. The van der Waals surface area contributed by atoms with Gasteiger partial charge < -0.3 is 9.16 Å². The molecule has 0 bridgehead atoms. The monoisotopic (exact) mass is 298 g/mol. The van der Waals surface area contributed by atoms with Gasteiger partial charge in [0.15, 0.2) is 8.32 Å². The van der Waals surface area contributed by atoms with Crippen molar-refractivity contribution in [3.63, 3.8) is 0 Å². The van der Waals surface area contributed by atoms with E-state index in [0.717, 1.165) is 13.0 Å². The van der Waals surface area contributed by atoms with E-state index in [1.165, 1.54) is 0 Å². The average molecular weight is 299 g/mol. The molecule has 1 aliphatic rings. The summed E-state index contributed by atoms with van der Waals surface area (Å²) >= 11 is 0. The Balaban J connectivity index is 2.66. The Bertz CT molecular complexity index is 362. The first-order chi connectivity index (χ1) is 8.42. The zero-order valence-corrected chi connectivity index (χ0v) is 15.9. The molecule has 0 saturated carbocycles. The summed E-state index contributed by atoms with van der Waals surface area (Å²) in [7, 11) is -3.00. The van der Waals surface area contributed by atoms with Crippen LogP contribution in [-0.4, -0.2) is 35.2 Å². The van der Waals surface area contributed by atoms with Crippen molar-refractivity contribution < 1.29 is 9.16 Å². The highest BCUT2D eigenvalue weighted by molar-refractivity contribution is 6.83. The molecular weight excluding hydrogens is 268 g/mol. The van der Waals surface area contributed by atoms with E-state index >= 15 is 0 Å². The molecule has 1 aliphatic heterocycles. The smallest absolute Gasteiger partial charge is 0.192 e. The maximum absolute atomic E-state index is 6.47. The molecule has 2 atom stereocenters. The summed E-state index contributed by atoms with van der Waals surface area (Å²) in [4.78, 5) is 0. The second-order valence-electron chi connectivity index (χ2n) is 8.04. The second kappa shape index (κ2) is 5.73. The molecule has 0 N–H and O–H groups in total. The van der Waals surface area contributed by atoms with Gasteiger partial charge in [0.25, 0.3) is 0 Å².